The van der Waals surface area contributed by atoms with E-state index in [1.165, 1.54) is 12.1 Å². The number of carbonyl (C=O) groups is 1. The van der Waals surface area contributed by atoms with Crippen molar-refractivity contribution in [1.29, 1.82) is 0 Å². The van der Waals surface area contributed by atoms with Crippen molar-refractivity contribution in [3.8, 4) is 5.75 Å². The summed E-state index contributed by atoms with van der Waals surface area (Å²) in [5, 5.41) is 8.43. The summed E-state index contributed by atoms with van der Waals surface area (Å²) in [5.41, 5.74) is 0.298. The summed E-state index contributed by atoms with van der Waals surface area (Å²) in [6.45, 7) is 3.76. The van der Waals surface area contributed by atoms with E-state index in [-0.39, 0.29) is 6.10 Å². The van der Waals surface area contributed by atoms with E-state index >= 15 is 0 Å². The van der Waals surface area contributed by atoms with Gasteiger partial charge in [0.1, 0.15) is 5.75 Å². The van der Waals surface area contributed by atoms with Gasteiger partial charge >= 0.3 is 5.97 Å². The molecule has 0 spiro atoms. The zero-order valence-corrected chi connectivity index (χ0v) is 10.9. The Morgan fingerprint density at radius 2 is 1.89 bits per heavy atom. The molecular weight excluding hydrogens is 258 g/mol. The van der Waals surface area contributed by atoms with Gasteiger partial charge in [-0.2, -0.15) is 0 Å². The quantitative estimate of drug-likeness (QED) is 0.815. The lowest BCUT2D eigenvalue weighted by Crippen LogP contribution is -2.22. The first-order valence-electron chi connectivity index (χ1n) is 5.27. The molecule has 0 heterocycles. The zero-order chi connectivity index (χ0) is 13.8. The molecular formula is C11H15NO5S. The molecule has 1 rings (SSSR count). The molecule has 1 aromatic rings. The van der Waals surface area contributed by atoms with E-state index in [4.69, 9.17) is 9.84 Å². The van der Waals surface area contributed by atoms with Crippen molar-refractivity contribution in [2.75, 3.05) is 10.5 Å². The summed E-state index contributed by atoms with van der Waals surface area (Å²) in [4.78, 5) is 10.3. The molecule has 7 heteroatoms. The number of hydrogen-bond acceptors (Lipinski definition) is 4. The minimum Gasteiger partial charge on any atom is -0.491 e. The summed E-state index contributed by atoms with van der Waals surface area (Å²) in [7, 11) is -3.86. The van der Waals surface area contributed by atoms with Crippen LogP contribution in [0.3, 0.4) is 0 Å². The molecule has 2 N–H and O–H groups in total. The van der Waals surface area contributed by atoms with E-state index in [9.17, 15) is 13.2 Å². The Morgan fingerprint density at radius 3 is 2.33 bits per heavy atom. The van der Waals surface area contributed by atoms with E-state index < -0.39 is 21.7 Å². The van der Waals surface area contributed by atoms with Gasteiger partial charge in [0.25, 0.3) is 0 Å². The number of benzene rings is 1. The topological polar surface area (TPSA) is 92.7 Å². The molecule has 18 heavy (non-hydrogen) atoms. The first-order valence-corrected chi connectivity index (χ1v) is 6.93. The standard InChI is InChI=1S/C11H15NO5S/c1-8(2)17-10-5-3-9(4-6-10)12-18(15,16)7-11(13)14/h3-6,8,12H,7H2,1-2H3,(H,13,14). The maximum Gasteiger partial charge on any atom is 0.320 e. The van der Waals surface area contributed by atoms with Crippen LogP contribution in [0.4, 0.5) is 5.69 Å². The fraction of sp³-hybridized carbons (Fsp3) is 0.364. The van der Waals surface area contributed by atoms with Crippen LogP contribution in [0.15, 0.2) is 24.3 Å². The number of rotatable bonds is 6. The van der Waals surface area contributed by atoms with Crippen molar-refractivity contribution >= 4 is 21.7 Å². The van der Waals surface area contributed by atoms with Crippen molar-refractivity contribution in [2.45, 2.75) is 20.0 Å². The number of aliphatic carboxylic acids is 1. The van der Waals surface area contributed by atoms with Gasteiger partial charge < -0.3 is 9.84 Å². The van der Waals surface area contributed by atoms with Gasteiger partial charge in [0.2, 0.25) is 10.0 Å². The van der Waals surface area contributed by atoms with Gasteiger partial charge in [-0.15, -0.1) is 0 Å². The third-order valence-electron chi connectivity index (χ3n) is 1.81. The summed E-state index contributed by atoms with van der Waals surface area (Å²) in [5.74, 6) is -1.74. The molecule has 0 saturated carbocycles. The first kappa shape index (κ1) is 14.3. The van der Waals surface area contributed by atoms with E-state index in [0.29, 0.717) is 11.4 Å². The lowest BCUT2D eigenvalue weighted by Gasteiger charge is -2.10. The maximum absolute atomic E-state index is 11.3. The van der Waals surface area contributed by atoms with Crippen LogP contribution in [0, 0.1) is 0 Å². The zero-order valence-electron chi connectivity index (χ0n) is 10.1. The summed E-state index contributed by atoms with van der Waals surface area (Å²) >= 11 is 0. The monoisotopic (exact) mass is 273 g/mol. The smallest absolute Gasteiger partial charge is 0.320 e. The Hall–Kier alpha value is -1.76. The fourth-order valence-corrected chi connectivity index (χ4v) is 2.14. The average molecular weight is 273 g/mol. The SMILES string of the molecule is CC(C)Oc1ccc(NS(=O)(=O)CC(=O)O)cc1. The number of nitrogens with one attached hydrogen (secondary N) is 1. The minimum absolute atomic E-state index is 0.0274. The van der Waals surface area contributed by atoms with Crippen molar-refractivity contribution in [3.63, 3.8) is 0 Å². The first-order chi connectivity index (χ1) is 8.28. The second-order valence-electron chi connectivity index (χ2n) is 3.95. The van der Waals surface area contributed by atoms with Crippen molar-refractivity contribution in [1.82, 2.24) is 0 Å². The molecule has 0 aliphatic heterocycles. The summed E-state index contributed by atoms with van der Waals surface area (Å²) in [6.07, 6.45) is 0.0274. The largest absolute Gasteiger partial charge is 0.491 e. The van der Waals surface area contributed by atoms with Crippen LogP contribution in [0.1, 0.15) is 13.8 Å². The summed E-state index contributed by atoms with van der Waals surface area (Å²) in [6, 6.07) is 6.24. The van der Waals surface area contributed by atoms with Crippen LogP contribution in [-0.2, 0) is 14.8 Å². The van der Waals surface area contributed by atoms with E-state index in [0.717, 1.165) is 0 Å². The Balaban J connectivity index is 2.72. The number of carboxylic acid groups (broad SMARTS) is 1. The van der Waals surface area contributed by atoms with E-state index in [1.807, 2.05) is 13.8 Å². The molecule has 1 aromatic carbocycles. The van der Waals surface area contributed by atoms with Gasteiger partial charge in [-0.25, -0.2) is 8.42 Å². The molecule has 0 unspecified atom stereocenters. The number of ether oxygens (including phenoxy) is 1. The molecule has 100 valence electrons. The molecule has 0 aromatic heterocycles. The molecule has 0 aliphatic rings. The van der Waals surface area contributed by atoms with Crippen LogP contribution in [0.5, 0.6) is 5.75 Å². The molecule has 0 aliphatic carbocycles. The number of anilines is 1. The molecule has 0 radical (unpaired) electrons. The highest BCUT2D eigenvalue weighted by molar-refractivity contribution is 7.93. The Labute approximate surface area is 106 Å². The van der Waals surface area contributed by atoms with Crippen molar-refractivity contribution in [3.05, 3.63) is 24.3 Å². The third kappa shape index (κ3) is 5.05. The van der Waals surface area contributed by atoms with Crippen molar-refractivity contribution < 1.29 is 23.1 Å². The van der Waals surface area contributed by atoms with Gasteiger partial charge in [0, 0.05) is 5.69 Å². The second kappa shape index (κ2) is 5.72. The lowest BCUT2D eigenvalue weighted by molar-refractivity contribution is -0.134. The molecule has 0 amide bonds. The highest BCUT2D eigenvalue weighted by atomic mass is 32.2. The fourth-order valence-electron chi connectivity index (χ4n) is 1.25. The predicted octanol–water partition coefficient (Wildman–Crippen LogP) is 1.30. The molecule has 0 atom stereocenters. The van der Waals surface area contributed by atoms with Crippen LogP contribution in [0.2, 0.25) is 0 Å². The Morgan fingerprint density at radius 1 is 1.33 bits per heavy atom. The second-order valence-corrected chi connectivity index (χ2v) is 5.67. The van der Waals surface area contributed by atoms with Crippen molar-refractivity contribution in [2.24, 2.45) is 0 Å². The van der Waals surface area contributed by atoms with Gasteiger partial charge in [0.05, 0.1) is 6.10 Å². The van der Waals surface area contributed by atoms with E-state index in [1.54, 1.807) is 12.1 Å². The molecule has 0 bridgehead atoms. The van der Waals surface area contributed by atoms with Gasteiger partial charge in [0.15, 0.2) is 5.75 Å². The minimum atomic E-state index is -3.86. The van der Waals surface area contributed by atoms with E-state index in [2.05, 4.69) is 4.72 Å². The van der Waals surface area contributed by atoms with Crippen LogP contribution in [-0.4, -0.2) is 31.4 Å². The maximum atomic E-state index is 11.3. The van der Waals surface area contributed by atoms with Gasteiger partial charge in [-0.1, -0.05) is 0 Å². The molecule has 6 nitrogen and oxygen atoms in total. The molecule has 0 saturated heterocycles. The van der Waals surface area contributed by atoms with Gasteiger partial charge in [-0.05, 0) is 38.1 Å². The van der Waals surface area contributed by atoms with Crippen LogP contribution < -0.4 is 9.46 Å². The van der Waals surface area contributed by atoms with Crippen LogP contribution in [0.25, 0.3) is 0 Å². The predicted molar refractivity (Wildman–Crippen MR) is 67.3 cm³/mol. The highest BCUT2D eigenvalue weighted by Crippen LogP contribution is 2.17. The third-order valence-corrected chi connectivity index (χ3v) is 2.99. The summed E-state index contributed by atoms with van der Waals surface area (Å²) < 4.78 is 30.3. The normalized spacial score (nSPS) is 11.3. The van der Waals surface area contributed by atoms with Gasteiger partial charge in [-0.3, -0.25) is 9.52 Å². The number of hydrogen-bond donors (Lipinski definition) is 2. The highest BCUT2D eigenvalue weighted by Gasteiger charge is 2.15. The molecule has 0 fully saturated rings. The Bertz CT molecular complexity index is 507. The Kier molecular flexibility index (Phi) is 4.55. The number of sulfonamides is 1. The number of carboxylic acids is 1. The van der Waals surface area contributed by atoms with Crippen LogP contribution >= 0.6 is 0 Å². The lowest BCUT2D eigenvalue weighted by atomic mass is 10.3. The average Bonchev–Trinajstić information content (AvgIpc) is 2.17.